The number of nitrogens with zero attached hydrogens (tertiary/aromatic N) is 3. The molecule has 2 heterocycles. The lowest BCUT2D eigenvalue weighted by Crippen LogP contribution is -2.04. The Balaban J connectivity index is 2.35. The molecule has 0 atom stereocenters. The quantitative estimate of drug-likeness (QED) is 0.648. The molecule has 114 valence electrons. The summed E-state index contributed by atoms with van der Waals surface area (Å²) >= 11 is 0. The van der Waals surface area contributed by atoms with Crippen molar-refractivity contribution < 1.29 is 0 Å². The minimum Gasteiger partial charge on any atom is -0.305 e. The smallest absolute Gasteiger partial charge is 0.162 e. The van der Waals surface area contributed by atoms with E-state index in [2.05, 4.69) is 42.6 Å². The van der Waals surface area contributed by atoms with E-state index in [1.165, 1.54) is 11.3 Å². The second-order valence-electron chi connectivity index (χ2n) is 5.40. The molecule has 3 aromatic rings. The zero-order valence-corrected chi connectivity index (χ0v) is 13.5. The van der Waals surface area contributed by atoms with Crippen molar-refractivity contribution in [1.29, 1.82) is 0 Å². The molecule has 1 aromatic carbocycles. The van der Waals surface area contributed by atoms with Crippen LogP contribution < -0.4 is 0 Å². The molecule has 3 heteroatoms. The lowest BCUT2D eigenvalue weighted by Gasteiger charge is -2.12. The van der Waals surface area contributed by atoms with Crippen molar-refractivity contribution in [3.63, 3.8) is 0 Å². The van der Waals surface area contributed by atoms with Crippen LogP contribution in [-0.2, 0) is 0 Å². The van der Waals surface area contributed by atoms with E-state index in [4.69, 9.17) is 4.98 Å². The van der Waals surface area contributed by atoms with Crippen molar-refractivity contribution in [3.8, 4) is 5.82 Å². The van der Waals surface area contributed by atoms with E-state index in [0.29, 0.717) is 5.82 Å². The van der Waals surface area contributed by atoms with E-state index in [1.54, 1.807) is 12.2 Å². The molecule has 0 spiro atoms. The SMILES string of the molecule is C=C/C=C(\C=C)c1nc(-n2ccc(C)c2C)c2ccccc2n1. The predicted octanol–water partition coefficient (Wildman–Crippen LogP) is 4.79. The second-order valence-corrected chi connectivity index (χ2v) is 5.40. The normalized spacial score (nSPS) is 11.7. The van der Waals surface area contributed by atoms with Gasteiger partial charge in [-0.05, 0) is 37.6 Å². The zero-order chi connectivity index (χ0) is 16.4. The third-order valence-corrected chi connectivity index (χ3v) is 3.99. The van der Waals surface area contributed by atoms with Crippen LogP contribution in [0.4, 0.5) is 0 Å². The van der Waals surface area contributed by atoms with Crippen molar-refractivity contribution in [2.75, 3.05) is 0 Å². The van der Waals surface area contributed by atoms with E-state index in [-0.39, 0.29) is 0 Å². The summed E-state index contributed by atoms with van der Waals surface area (Å²) in [5, 5.41) is 1.02. The summed E-state index contributed by atoms with van der Waals surface area (Å²) in [4.78, 5) is 9.48. The standard InChI is InChI=1S/C20H19N3/c1-5-9-16(6-2)19-21-18-11-8-7-10-17(18)20(22-19)23-13-12-14(3)15(23)4/h5-13H,1-2H2,3-4H3/b16-9+. The number of aromatic nitrogens is 3. The first-order valence-electron chi connectivity index (χ1n) is 7.53. The van der Waals surface area contributed by atoms with Crippen LogP contribution in [0.2, 0.25) is 0 Å². The molecule has 0 unspecified atom stereocenters. The Morgan fingerprint density at radius 2 is 1.87 bits per heavy atom. The van der Waals surface area contributed by atoms with Gasteiger partial charge in [-0.1, -0.05) is 43.5 Å². The van der Waals surface area contributed by atoms with E-state index < -0.39 is 0 Å². The van der Waals surface area contributed by atoms with Crippen LogP contribution in [0.3, 0.4) is 0 Å². The molecule has 23 heavy (non-hydrogen) atoms. The first-order chi connectivity index (χ1) is 11.2. The molecular weight excluding hydrogens is 282 g/mol. The molecule has 0 aliphatic heterocycles. The molecule has 2 aromatic heterocycles. The number of hydrogen-bond donors (Lipinski definition) is 0. The first-order valence-corrected chi connectivity index (χ1v) is 7.53. The third kappa shape index (κ3) is 2.61. The molecule has 0 aliphatic rings. The van der Waals surface area contributed by atoms with Crippen LogP contribution in [0.25, 0.3) is 22.3 Å². The van der Waals surface area contributed by atoms with Crippen molar-refractivity contribution in [1.82, 2.24) is 14.5 Å². The fraction of sp³-hybridized carbons (Fsp3) is 0.100. The number of benzene rings is 1. The highest BCUT2D eigenvalue weighted by Crippen LogP contribution is 2.24. The average Bonchev–Trinajstić information content (AvgIpc) is 2.91. The van der Waals surface area contributed by atoms with Crippen LogP contribution >= 0.6 is 0 Å². The molecule has 0 aliphatic carbocycles. The van der Waals surface area contributed by atoms with Gasteiger partial charge in [0.2, 0.25) is 0 Å². The van der Waals surface area contributed by atoms with Gasteiger partial charge in [-0.25, -0.2) is 9.97 Å². The summed E-state index contributed by atoms with van der Waals surface area (Å²) in [7, 11) is 0. The van der Waals surface area contributed by atoms with Crippen LogP contribution in [0.1, 0.15) is 17.1 Å². The van der Waals surface area contributed by atoms with E-state index in [9.17, 15) is 0 Å². The van der Waals surface area contributed by atoms with Crippen LogP contribution in [-0.4, -0.2) is 14.5 Å². The van der Waals surface area contributed by atoms with Gasteiger partial charge in [-0.2, -0.15) is 0 Å². The maximum Gasteiger partial charge on any atom is 0.162 e. The Kier molecular flexibility index (Phi) is 3.94. The van der Waals surface area contributed by atoms with Gasteiger partial charge in [0.15, 0.2) is 5.82 Å². The van der Waals surface area contributed by atoms with Gasteiger partial charge in [0.1, 0.15) is 5.82 Å². The van der Waals surface area contributed by atoms with Crippen molar-refractivity contribution in [3.05, 3.63) is 85.0 Å². The number of aryl methyl sites for hydroxylation is 1. The van der Waals surface area contributed by atoms with E-state index in [1.807, 2.05) is 36.5 Å². The van der Waals surface area contributed by atoms with Gasteiger partial charge in [0, 0.05) is 22.9 Å². The number of hydrogen-bond acceptors (Lipinski definition) is 2. The zero-order valence-electron chi connectivity index (χ0n) is 13.5. The molecule has 0 saturated carbocycles. The predicted molar refractivity (Wildman–Crippen MR) is 96.7 cm³/mol. The van der Waals surface area contributed by atoms with Gasteiger partial charge < -0.3 is 4.57 Å². The molecule has 0 amide bonds. The van der Waals surface area contributed by atoms with E-state index in [0.717, 1.165) is 22.3 Å². The van der Waals surface area contributed by atoms with Gasteiger partial charge in [0.25, 0.3) is 0 Å². The molecule has 0 fully saturated rings. The molecular formula is C20H19N3. The maximum atomic E-state index is 4.80. The fourth-order valence-corrected chi connectivity index (χ4v) is 2.57. The molecule has 0 saturated heterocycles. The summed E-state index contributed by atoms with van der Waals surface area (Å²) in [5.41, 5.74) is 4.18. The molecule has 3 rings (SSSR count). The average molecular weight is 301 g/mol. The summed E-state index contributed by atoms with van der Waals surface area (Å²) in [6, 6.07) is 10.1. The van der Waals surface area contributed by atoms with Gasteiger partial charge in [0.05, 0.1) is 5.52 Å². The topological polar surface area (TPSA) is 30.7 Å². The van der Waals surface area contributed by atoms with Crippen LogP contribution in [0.5, 0.6) is 0 Å². The van der Waals surface area contributed by atoms with Gasteiger partial charge in [-0.15, -0.1) is 0 Å². The fourth-order valence-electron chi connectivity index (χ4n) is 2.57. The highest BCUT2D eigenvalue weighted by molar-refractivity contribution is 5.87. The number of fused-ring (bicyclic) bond motifs is 1. The monoisotopic (exact) mass is 301 g/mol. The molecule has 0 radical (unpaired) electrons. The summed E-state index contributed by atoms with van der Waals surface area (Å²) in [6.45, 7) is 11.8. The largest absolute Gasteiger partial charge is 0.305 e. The Morgan fingerprint density at radius 1 is 1.09 bits per heavy atom. The molecule has 0 bridgehead atoms. The van der Waals surface area contributed by atoms with Crippen LogP contribution in [0.15, 0.2) is 67.9 Å². The minimum atomic E-state index is 0.652. The minimum absolute atomic E-state index is 0.652. The van der Waals surface area contributed by atoms with Gasteiger partial charge in [-0.3, -0.25) is 0 Å². The lowest BCUT2D eigenvalue weighted by atomic mass is 10.2. The maximum absolute atomic E-state index is 4.80. The Labute approximate surface area is 136 Å². The third-order valence-electron chi connectivity index (χ3n) is 3.99. The Bertz CT molecular complexity index is 929. The van der Waals surface area contributed by atoms with Crippen molar-refractivity contribution >= 4 is 16.5 Å². The summed E-state index contributed by atoms with van der Waals surface area (Å²) in [5.74, 6) is 1.53. The van der Waals surface area contributed by atoms with E-state index >= 15 is 0 Å². The summed E-state index contributed by atoms with van der Waals surface area (Å²) in [6.07, 6.45) is 7.40. The highest BCUT2D eigenvalue weighted by atomic mass is 15.1. The lowest BCUT2D eigenvalue weighted by molar-refractivity contribution is 0.950. The summed E-state index contributed by atoms with van der Waals surface area (Å²) < 4.78 is 2.11. The number of allylic oxidation sites excluding steroid dienone is 4. The highest BCUT2D eigenvalue weighted by Gasteiger charge is 2.12. The first kappa shape index (κ1) is 15.0. The van der Waals surface area contributed by atoms with Crippen molar-refractivity contribution in [2.45, 2.75) is 13.8 Å². The molecule has 3 nitrogen and oxygen atoms in total. The number of rotatable bonds is 4. The van der Waals surface area contributed by atoms with Crippen molar-refractivity contribution in [2.24, 2.45) is 0 Å². The molecule has 0 N–H and O–H groups in total. The Hall–Kier alpha value is -2.94. The second kappa shape index (κ2) is 6.05. The van der Waals surface area contributed by atoms with Crippen LogP contribution in [0, 0.1) is 13.8 Å². The Morgan fingerprint density at radius 3 is 2.52 bits per heavy atom. The van der Waals surface area contributed by atoms with Gasteiger partial charge >= 0.3 is 0 Å². The number of para-hydroxylation sites is 1.